The Kier molecular flexibility index (Phi) is 3.51. The molecule has 0 aliphatic heterocycles. The average molecular weight is 264 g/mol. The van der Waals surface area contributed by atoms with Crippen molar-refractivity contribution in [3.8, 4) is 0 Å². The maximum atomic E-state index is 11.4. The van der Waals surface area contributed by atoms with Crippen LogP contribution in [0, 0.1) is 6.92 Å². The van der Waals surface area contributed by atoms with Crippen LogP contribution in [0.3, 0.4) is 0 Å². The number of nitrogens with zero attached hydrogens (tertiary/aromatic N) is 1. The molecule has 78 valence electrons. The summed E-state index contributed by atoms with van der Waals surface area (Å²) in [4.78, 5) is 22.2. The molecule has 0 saturated carbocycles. The molecular formula is C8H10BrNO4. The standard InChI is InChI=1S/C8H10BrNO4/c1-5-7(9)8(12)10(14-5)4-3-6(11)13-2/h3-4H2,1-2H3. The number of ether oxygens (including phenoxy) is 1. The van der Waals surface area contributed by atoms with Crippen molar-refractivity contribution in [2.45, 2.75) is 19.9 Å². The molecule has 0 aromatic carbocycles. The van der Waals surface area contributed by atoms with Crippen molar-refractivity contribution in [3.63, 3.8) is 0 Å². The SMILES string of the molecule is COC(=O)CCn1oc(C)c(Br)c1=O. The van der Waals surface area contributed by atoms with E-state index in [-0.39, 0.29) is 24.5 Å². The van der Waals surface area contributed by atoms with E-state index in [0.29, 0.717) is 10.2 Å². The number of rotatable bonds is 3. The molecule has 0 bridgehead atoms. The summed E-state index contributed by atoms with van der Waals surface area (Å²) < 4.78 is 11.0. The van der Waals surface area contributed by atoms with Crippen LogP contribution in [0.4, 0.5) is 0 Å². The zero-order valence-corrected chi connectivity index (χ0v) is 9.46. The third kappa shape index (κ3) is 2.25. The van der Waals surface area contributed by atoms with Crippen LogP contribution in [0.5, 0.6) is 0 Å². The van der Waals surface area contributed by atoms with E-state index < -0.39 is 0 Å². The van der Waals surface area contributed by atoms with Crippen LogP contribution in [0.2, 0.25) is 0 Å². The van der Waals surface area contributed by atoms with Gasteiger partial charge in [-0.05, 0) is 22.9 Å². The van der Waals surface area contributed by atoms with Crippen molar-refractivity contribution < 1.29 is 14.1 Å². The van der Waals surface area contributed by atoms with Crippen molar-refractivity contribution in [2.24, 2.45) is 0 Å². The summed E-state index contributed by atoms with van der Waals surface area (Å²) in [7, 11) is 1.30. The van der Waals surface area contributed by atoms with Gasteiger partial charge in [0.05, 0.1) is 20.1 Å². The van der Waals surface area contributed by atoms with E-state index >= 15 is 0 Å². The van der Waals surface area contributed by atoms with Crippen LogP contribution in [0.15, 0.2) is 13.8 Å². The Hall–Kier alpha value is -1.04. The van der Waals surface area contributed by atoms with Crippen LogP contribution < -0.4 is 5.56 Å². The van der Waals surface area contributed by atoms with Gasteiger partial charge in [0, 0.05) is 0 Å². The van der Waals surface area contributed by atoms with Crippen molar-refractivity contribution in [2.75, 3.05) is 7.11 Å². The third-order valence-corrected chi connectivity index (χ3v) is 2.61. The maximum absolute atomic E-state index is 11.4. The molecule has 1 heterocycles. The number of carbonyl (C=O) groups excluding carboxylic acids is 1. The third-order valence-electron chi connectivity index (χ3n) is 1.72. The fraction of sp³-hybridized carbons (Fsp3) is 0.500. The number of aryl methyl sites for hydroxylation is 2. The molecule has 6 heteroatoms. The first kappa shape index (κ1) is 11.0. The number of methoxy groups -OCH3 is 1. The number of esters is 1. The van der Waals surface area contributed by atoms with Gasteiger partial charge in [0.15, 0.2) is 0 Å². The van der Waals surface area contributed by atoms with Gasteiger partial charge in [0.2, 0.25) is 0 Å². The quantitative estimate of drug-likeness (QED) is 0.766. The maximum Gasteiger partial charge on any atom is 0.307 e. The Bertz CT molecular complexity index is 393. The van der Waals surface area contributed by atoms with Crippen LogP contribution in [0.25, 0.3) is 0 Å². The summed E-state index contributed by atoms with van der Waals surface area (Å²) in [5.74, 6) is 0.127. The number of hydrogen-bond donors (Lipinski definition) is 0. The minimum Gasteiger partial charge on any atom is -0.469 e. The highest BCUT2D eigenvalue weighted by Crippen LogP contribution is 2.10. The average Bonchev–Trinajstić information content (AvgIpc) is 2.42. The molecule has 0 aliphatic rings. The van der Waals surface area contributed by atoms with Gasteiger partial charge >= 0.3 is 5.97 Å². The fourth-order valence-corrected chi connectivity index (χ4v) is 1.22. The molecule has 5 nitrogen and oxygen atoms in total. The summed E-state index contributed by atoms with van der Waals surface area (Å²) in [6, 6.07) is 0. The highest BCUT2D eigenvalue weighted by molar-refractivity contribution is 9.10. The lowest BCUT2D eigenvalue weighted by Gasteiger charge is -1.98. The molecule has 1 aromatic rings. The normalized spacial score (nSPS) is 10.2. The smallest absolute Gasteiger partial charge is 0.307 e. The molecule has 0 N–H and O–H groups in total. The minimum atomic E-state index is -0.373. The number of halogens is 1. The molecule has 0 spiro atoms. The minimum absolute atomic E-state index is 0.121. The first-order valence-electron chi connectivity index (χ1n) is 3.99. The second kappa shape index (κ2) is 4.45. The Morgan fingerprint density at radius 1 is 1.64 bits per heavy atom. The Balaban J connectivity index is 2.73. The molecule has 0 saturated heterocycles. The molecular weight excluding hydrogens is 254 g/mol. The Morgan fingerprint density at radius 3 is 2.71 bits per heavy atom. The summed E-state index contributed by atoms with van der Waals surface area (Å²) in [6.07, 6.45) is 0.121. The molecule has 0 fully saturated rings. The van der Waals surface area contributed by atoms with Gasteiger partial charge < -0.3 is 9.26 Å². The van der Waals surface area contributed by atoms with E-state index in [1.54, 1.807) is 6.92 Å². The van der Waals surface area contributed by atoms with E-state index in [4.69, 9.17) is 4.52 Å². The van der Waals surface area contributed by atoms with Crippen LogP contribution in [0.1, 0.15) is 12.2 Å². The zero-order chi connectivity index (χ0) is 10.7. The summed E-state index contributed by atoms with van der Waals surface area (Å²) >= 11 is 3.08. The van der Waals surface area contributed by atoms with E-state index in [9.17, 15) is 9.59 Å². The summed E-state index contributed by atoms with van der Waals surface area (Å²) in [6.45, 7) is 1.86. The number of aromatic nitrogens is 1. The first-order chi connectivity index (χ1) is 6.56. The van der Waals surface area contributed by atoms with Gasteiger partial charge in [-0.25, -0.2) is 0 Å². The van der Waals surface area contributed by atoms with Gasteiger partial charge in [0.1, 0.15) is 10.2 Å². The van der Waals surface area contributed by atoms with Gasteiger partial charge in [-0.2, -0.15) is 4.74 Å². The van der Waals surface area contributed by atoms with Crippen LogP contribution >= 0.6 is 15.9 Å². The van der Waals surface area contributed by atoms with Crippen LogP contribution in [-0.2, 0) is 16.1 Å². The lowest BCUT2D eigenvalue weighted by Crippen LogP contribution is -2.17. The topological polar surface area (TPSA) is 61.4 Å². The van der Waals surface area contributed by atoms with Gasteiger partial charge in [-0.1, -0.05) is 0 Å². The molecule has 0 unspecified atom stereocenters. The highest BCUT2D eigenvalue weighted by Gasteiger charge is 2.11. The number of carbonyl (C=O) groups is 1. The molecule has 0 radical (unpaired) electrons. The van der Waals surface area contributed by atoms with Crippen molar-refractivity contribution in [1.29, 1.82) is 0 Å². The van der Waals surface area contributed by atoms with Crippen LogP contribution in [-0.4, -0.2) is 17.8 Å². The first-order valence-corrected chi connectivity index (χ1v) is 4.78. The Labute approximate surface area is 88.7 Å². The molecule has 0 atom stereocenters. The number of hydrogen-bond acceptors (Lipinski definition) is 4. The molecule has 0 amide bonds. The van der Waals surface area contributed by atoms with Gasteiger partial charge in [-0.3, -0.25) is 9.59 Å². The van der Waals surface area contributed by atoms with Crippen molar-refractivity contribution in [1.82, 2.24) is 4.74 Å². The van der Waals surface area contributed by atoms with Gasteiger partial charge in [0.25, 0.3) is 5.56 Å². The Morgan fingerprint density at radius 2 is 2.29 bits per heavy atom. The lowest BCUT2D eigenvalue weighted by molar-refractivity contribution is -0.141. The lowest BCUT2D eigenvalue weighted by atomic mass is 10.4. The fourth-order valence-electron chi connectivity index (χ4n) is 0.949. The molecule has 1 rings (SSSR count). The molecule has 1 aromatic heterocycles. The predicted molar refractivity (Wildman–Crippen MR) is 52.0 cm³/mol. The highest BCUT2D eigenvalue weighted by atomic mass is 79.9. The summed E-state index contributed by atoms with van der Waals surface area (Å²) in [5, 5.41) is 0. The van der Waals surface area contributed by atoms with Crippen molar-refractivity contribution >= 4 is 21.9 Å². The molecule has 14 heavy (non-hydrogen) atoms. The second-order valence-electron chi connectivity index (χ2n) is 2.69. The van der Waals surface area contributed by atoms with Gasteiger partial charge in [-0.15, -0.1) is 0 Å². The van der Waals surface area contributed by atoms with E-state index in [1.807, 2.05) is 0 Å². The predicted octanol–water partition coefficient (Wildman–Crippen LogP) is 1.08. The van der Waals surface area contributed by atoms with E-state index in [2.05, 4.69) is 20.7 Å². The molecule has 0 aliphatic carbocycles. The monoisotopic (exact) mass is 263 g/mol. The van der Waals surface area contributed by atoms with E-state index in [0.717, 1.165) is 4.74 Å². The summed E-state index contributed by atoms with van der Waals surface area (Å²) in [5.41, 5.74) is -0.272. The zero-order valence-electron chi connectivity index (χ0n) is 7.87. The second-order valence-corrected chi connectivity index (χ2v) is 3.49. The van der Waals surface area contributed by atoms with E-state index in [1.165, 1.54) is 7.11 Å². The van der Waals surface area contributed by atoms with Crippen molar-refractivity contribution in [3.05, 3.63) is 20.6 Å². The largest absolute Gasteiger partial charge is 0.469 e.